The molecule has 2 rings (SSSR count). The van der Waals surface area contributed by atoms with Crippen molar-refractivity contribution in [3.8, 4) is 0 Å². The Morgan fingerprint density at radius 3 is 2.93 bits per heavy atom. The Morgan fingerprint density at radius 2 is 2.33 bits per heavy atom. The van der Waals surface area contributed by atoms with Gasteiger partial charge in [-0.15, -0.1) is 0 Å². The summed E-state index contributed by atoms with van der Waals surface area (Å²) in [7, 11) is 1.99. The summed E-state index contributed by atoms with van der Waals surface area (Å²) in [5, 5.41) is 3.41. The highest BCUT2D eigenvalue weighted by atomic mass is 16.4. The second-order valence-electron chi connectivity index (χ2n) is 4.48. The maximum Gasteiger partial charge on any atom is 0.297 e. The molecule has 0 amide bonds. The summed E-state index contributed by atoms with van der Waals surface area (Å²) < 4.78 is 5.42. The largest absolute Gasteiger partial charge is 0.432 e. The van der Waals surface area contributed by atoms with Crippen LogP contribution in [0.3, 0.4) is 0 Å². The average molecular weight is 209 g/mol. The number of hydrogen-bond acceptors (Lipinski definition) is 4. The molecule has 1 N–H and O–H groups in total. The highest BCUT2D eigenvalue weighted by molar-refractivity contribution is 5.26. The van der Waals surface area contributed by atoms with E-state index >= 15 is 0 Å². The van der Waals surface area contributed by atoms with Crippen LogP contribution in [0.2, 0.25) is 0 Å². The number of hydrogen-bond donors (Lipinski definition) is 1. The highest BCUT2D eigenvalue weighted by Crippen LogP contribution is 2.20. The van der Waals surface area contributed by atoms with Crippen molar-refractivity contribution in [2.75, 3.05) is 11.9 Å². The number of oxazole rings is 1. The van der Waals surface area contributed by atoms with E-state index in [9.17, 15) is 0 Å². The zero-order valence-corrected chi connectivity index (χ0v) is 9.66. The summed E-state index contributed by atoms with van der Waals surface area (Å²) in [6, 6.07) is 1.83. The summed E-state index contributed by atoms with van der Waals surface area (Å²) >= 11 is 0. The third kappa shape index (κ3) is 2.72. The van der Waals surface area contributed by atoms with Crippen molar-refractivity contribution in [3.63, 3.8) is 0 Å². The maximum absolute atomic E-state index is 5.42. The Labute approximate surface area is 90.7 Å². The normalized spacial score (nSPS) is 16.0. The van der Waals surface area contributed by atoms with E-state index in [1.165, 1.54) is 12.8 Å². The van der Waals surface area contributed by atoms with Gasteiger partial charge in [-0.25, -0.2) is 0 Å². The summed E-state index contributed by atoms with van der Waals surface area (Å²) in [4.78, 5) is 6.46. The predicted molar refractivity (Wildman–Crippen MR) is 59.9 cm³/mol. The summed E-state index contributed by atoms with van der Waals surface area (Å²) in [6.07, 6.45) is 4.34. The first kappa shape index (κ1) is 10.5. The first-order valence-electron chi connectivity index (χ1n) is 5.57. The first-order valence-corrected chi connectivity index (χ1v) is 5.57. The molecule has 0 unspecified atom stereocenters. The van der Waals surface area contributed by atoms with Gasteiger partial charge in [-0.3, -0.25) is 0 Å². The van der Waals surface area contributed by atoms with Crippen LogP contribution in [0.25, 0.3) is 0 Å². The van der Waals surface area contributed by atoms with Crippen LogP contribution in [0, 0.1) is 0 Å². The Morgan fingerprint density at radius 1 is 1.60 bits per heavy atom. The quantitative estimate of drug-likeness (QED) is 0.802. The molecule has 1 aliphatic rings. The first-order chi connectivity index (χ1) is 7.16. The maximum atomic E-state index is 5.42. The van der Waals surface area contributed by atoms with Crippen LogP contribution < -0.4 is 10.2 Å². The molecule has 84 valence electrons. The van der Waals surface area contributed by atoms with Crippen molar-refractivity contribution in [2.45, 2.75) is 45.3 Å². The molecule has 1 saturated carbocycles. The molecule has 1 aromatic heterocycles. The van der Waals surface area contributed by atoms with Crippen LogP contribution in [0.15, 0.2) is 10.7 Å². The molecule has 0 aliphatic heterocycles. The van der Waals surface area contributed by atoms with E-state index < -0.39 is 0 Å². The minimum absolute atomic E-state index is 0.410. The molecule has 4 nitrogen and oxygen atoms in total. The Balaban J connectivity index is 1.90. The van der Waals surface area contributed by atoms with Crippen molar-refractivity contribution in [3.05, 3.63) is 12.0 Å². The van der Waals surface area contributed by atoms with Gasteiger partial charge in [-0.1, -0.05) is 0 Å². The number of anilines is 1. The van der Waals surface area contributed by atoms with E-state index in [0.717, 1.165) is 12.2 Å². The molecule has 0 saturated heterocycles. The zero-order valence-electron chi connectivity index (χ0n) is 9.66. The molecule has 0 aromatic carbocycles. The monoisotopic (exact) mass is 209 g/mol. The molecule has 0 spiro atoms. The lowest BCUT2D eigenvalue weighted by Gasteiger charge is -2.18. The number of rotatable bonds is 5. The Bertz CT molecular complexity index is 317. The molecule has 1 fully saturated rings. The molecule has 1 aliphatic carbocycles. The molecule has 15 heavy (non-hydrogen) atoms. The van der Waals surface area contributed by atoms with Crippen LogP contribution in [-0.4, -0.2) is 24.1 Å². The molecule has 4 heteroatoms. The van der Waals surface area contributed by atoms with Gasteiger partial charge in [0, 0.05) is 25.7 Å². The molecule has 0 radical (unpaired) electrons. The van der Waals surface area contributed by atoms with E-state index in [0.29, 0.717) is 18.1 Å². The molecule has 0 bridgehead atoms. The van der Waals surface area contributed by atoms with Gasteiger partial charge in [0.25, 0.3) is 6.01 Å². The van der Waals surface area contributed by atoms with Crippen LogP contribution in [0.4, 0.5) is 6.01 Å². The minimum Gasteiger partial charge on any atom is -0.432 e. The van der Waals surface area contributed by atoms with E-state index in [1.54, 1.807) is 6.26 Å². The van der Waals surface area contributed by atoms with Gasteiger partial charge in [0.1, 0.15) is 6.26 Å². The lowest BCUT2D eigenvalue weighted by molar-refractivity contribution is 0.528. The van der Waals surface area contributed by atoms with Crippen molar-refractivity contribution in [1.82, 2.24) is 10.3 Å². The molecule has 0 atom stereocenters. The van der Waals surface area contributed by atoms with Crippen molar-refractivity contribution < 1.29 is 4.42 Å². The van der Waals surface area contributed by atoms with Gasteiger partial charge in [0.05, 0.1) is 5.69 Å². The van der Waals surface area contributed by atoms with Crippen LogP contribution >= 0.6 is 0 Å². The minimum atomic E-state index is 0.410. The summed E-state index contributed by atoms with van der Waals surface area (Å²) in [6.45, 7) is 5.05. The fraction of sp³-hybridized carbons (Fsp3) is 0.727. The topological polar surface area (TPSA) is 41.3 Å². The van der Waals surface area contributed by atoms with Gasteiger partial charge >= 0.3 is 0 Å². The summed E-state index contributed by atoms with van der Waals surface area (Å²) in [5.41, 5.74) is 0.990. The van der Waals surface area contributed by atoms with Crippen LogP contribution in [-0.2, 0) is 6.54 Å². The van der Waals surface area contributed by atoms with Gasteiger partial charge < -0.3 is 14.6 Å². The Kier molecular flexibility index (Phi) is 2.95. The second kappa shape index (κ2) is 4.23. The third-order valence-corrected chi connectivity index (χ3v) is 2.77. The number of aromatic nitrogens is 1. The van der Waals surface area contributed by atoms with Crippen LogP contribution in [0.1, 0.15) is 32.4 Å². The lowest BCUT2D eigenvalue weighted by Crippen LogP contribution is -2.26. The zero-order chi connectivity index (χ0) is 10.8. The fourth-order valence-corrected chi connectivity index (χ4v) is 1.30. The molecular weight excluding hydrogens is 190 g/mol. The van der Waals surface area contributed by atoms with Gasteiger partial charge in [0.15, 0.2) is 0 Å². The van der Waals surface area contributed by atoms with E-state index in [-0.39, 0.29) is 0 Å². The van der Waals surface area contributed by atoms with Gasteiger partial charge in [-0.2, -0.15) is 4.98 Å². The Hall–Kier alpha value is -1.03. The van der Waals surface area contributed by atoms with Gasteiger partial charge in [0.2, 0.25) is 0 Å². The van der Waals surface area contributed by atoms with Crippen molar-refractivity contribution in [1.29, 1.82) is 0 Å². The van der Waals surface area contributed by atoms with Crippen molar-refractivity contribution >= 4 is 6.01 Å². The lowest BCUT2D eigenvalue weighted by atomic mass is 10.4. The summed E-state index contributed by atoms with van der Waals surface area (Å²) in [5.74, 6) is 0. The van der Waals surface area contributed by atoms with E-state index in [2.05, 4.69) is 24.1 Å². The standard InChI is InChI=1S/C11H19N3O/c1-8(2)14(3)11-13-10(7-15-11)6-12-9-4-5-9/h7-9,12H,4-6H2,1-3H3. The highest BCUT2D eigenvalue weighted by Gasteiger charge is 2.21. The number of nitrogens with one attached hydrogen (secondary N) is 1. The third-order valence-electron chi connectivity index (χ3n) is 2.77. The second-order valence-corrected chi connectivity index (χ2v) is 4.48. The van der Waals surface area contributed by atoms with Crippen LogP contribution in [0.5, 0.6) is 0 Å². The van der Waals surface area contributed by atoms with Crippen molar-refractivity contribution in [2.24, 2.45) is 0 Å². The fourth-order valence-electron chi connectivity index (χ4n) is 1.30. The number of nitrogens with zero attached hydrogens (tertiary/aromatic N) is 2. The molecule has 1 heterocycles. The average Bonchev–Trinajstić information content (AvgIpc) is 2.92. The SMILES string of the molecule is CC(C)N(C)c1nc(CNC2CC2)co1. The smallest absolute Gasteiger partial charge is 0.297 e. The van der Waals surface area contributed by atoms with E-state index in [1.807, 2.05) is 11.9 Å². The predicted octanol–water partition coefficient (Wildman–Crippen LogP) is 1.77. The van der Waals surface area contributed by atoms with Gasteiger partial charge in [-0.05, 0) is 26.7 Å². The van der Waals surface area contributed by atoms with E-state index in [4.69, 9.17) is 4.42 Å². The molecule has 1 aromatic rings. The molecular formula is C11H19N3O.